The van der Waals surface area contributed by atoms with Crippen LogP contribution >= 0.6 is 11.3 Å². The van der Waals surface area contributed by atoms with Crippen molar-refractivity contribution in [3.63, 3.8) is 0 Å². The Morgan fingerprint density at radius 1 is 1.19 bits per heavy atom. The van der Waals surface area contributed by atoms with Crippen LogP contribution < -0.4 is 4.74 Å². The lowest BCUT2D eigenvalue weighted by Gasteiger charge is -2.37. The molecule has 1 aliphatic heterocycles. The molecule has 0 spiro atoms. The quantitative estimate of drug-likeness (QED) is 0.523. The van der Waals surface area contributed by atoms with Crippen LogP contribution in [-0.2, 0) is 11.2 Å². The summed E-state index contributed by atoms with van der Waals surface area (Å²) in [5.41, 5.74) is 1.14. The van der Waals surface area contributed by atoms with E-state index in [2.05, 4.69) is 11.4 Å². The normalized spacial score (nSPS) is 15.4. The molecule has 3 aromatic rings. The van der Waals surface area contributed by atoms with Crippen molar-refractivity contribution in [2.75, 3.05) is 26.2 Å². The number of carbonyl (C=O) groups excluding carboxylic acids is 2. The average molecular weight is 439 g/mol. The zero-order chi connectivity index (χ0) is 21.6. The minimum Gasteiger partial charge on any atom is -0.491 e. The van der Waals surface area contributed by atoms with Crippen molar-refractivity contribution in [3.05, 3.63) is 76.4 Å². The van der Waals surface area contributed by atoms with E-state index in [-0.39, 0.29) is 30.2 Å². The van der Waals surface area contributed by atoms with Crippen LogP contribution in [0.1, 0.15) is 40.4 Å². The maximum Gasteiger partial charge on any atom is 0.290 e. The molecule has 0 N–H and O–H groups in total. The van der Waals surface area contributed by atoms with E-state index in [9.17, 15) is 9.59 Å². The summed E-state index contributed by atoms with van der Waals surface area (Å²) in [5, 5.41) is 2.07. The molecule has 0 saturated carbocycles. The fourth-order valence-corrected chi connectivity index (χ4v) is 4.83. The van der Waals surface area contributed by atoms with Gasteiger partial charge in [0, 0.05) is 18.0 Å². The Kier molecular flexibility index (Phi) is 6.72. The lowest BCUT2D eigenvalue weighted by molar-refractivity contribution is -0.135. The Hall–Kier alpha value is -3.06. The minimum atomic E-state index is -0.259. The number of nitrogens with zero attached hydrogens (tertiary/aromatic N) is 2. The van der Waals surface area contributed by atoms with Crippen molar-refractivity contribution >= 4 is 23.2 Å². The van der Waals surface area contributed by atoms with E-state index < -0.39 is 0 Å². The number of rotatable bonds is 8. The summed E-state index contributed by atoms with van der Waals surface area (Å²) in [7, 11) is 0. The zero-order valence-electron chi connectivity index (χ0n) is 17.5. The second kappa shape index (κ2) is 9.83. The third-order valence-electron chi connectivity index (χ3n) is 5.41. The molecular formula is C24H26N2O4S. The number of fused-ring (bicyclic) bond motifs is 1. The maximum absolute atomic E-state index is 13.4. The molecule has 0 radical (unpaired) electrons. The van der Waals surface area contributed by atoms with Crippen LogP contribution in [-0.4, -0.2) is 47.9 Å². The van der Waals surface area contributed by atoms with Crippen LogP contribution in [0.25, 0.3) is 0 Å². The van der Waals surface area contributed by atoms with E-state index in [1.807, 2.05) is 42.2 Å². The van der Waals surface area contributed by atoms with E-state index in [1.54, 1.807) is 28.4 Å². The summed E-state index contributed by atoms with van der Waals surface area (Å²) in [6.45, 7) is 3.49. The van der Waals surface area contributed by atoms with Crippen LogP contribution in [0.5, 0.6) is 5.75 Å². The van der Waals surface area contributed by atoms with E-state index >= 15 is 0 Å². The number of ether oxygens (including phenoxy) is 1. The highest BCUT2D eigenvalue weighted by Crippen LogP contribution is 2.34. The molecule has 1 aliphatic rings. The third kappa shape index (κ3) is 4.82. The molecular weight excluding hydrogens is 412 g/mol. The fourth-order valence-electron chi connectivity index (χ4n) is 3.90. The first-order valence-electron chi connectivity index (χ1n) is 10.5. The lowest BCUT2D eigenvalue weighted by atomic mass is 10.0. The number of thiophene rings is 1. The number of amides is 2. The summed E-state index contributed by atoms with van der Waals surface area (Å²) in [5.74, 6) is 0.694. The van der Waals surface area contributed by atoms with Crippen molar-refractivity contribution in [2.45, 2.75) is 25.8 Å². The van der Waals surface area contributed by atoms with Crippen molar-refractivity contribution in [1.82, 2.24) is 9.80 Å². The van der Waals surface area contributed by atoms with Crippen molar-refractivity contribution in [1.29, 1.82) is 0 Å². The summed E-state index contributed by atoms with van der Waals surface area (Å²) in [6, 6.07) is 14.8. The first-order chi connectivity index (χ1) is 15.2. The van der Waals surface area contributed by atoms with Gasteiger partial charge in [0.1, 0.15) is 18.9 Å². The van der Waals surface area contributed by atoms with Gasteiger partial charge in [-0.1, -0.05) is 25.1 Å². The zero-order valence-corrected chi connectivity index (χ0v) is 18.3. The van der Waals surface area contributed by atoms with Gasteiger partial charge in [-0.15, -0.1) is 11.3 Å². The van der Waals surface area contributed by atoms with Crippen LogP contribution in [0.3, 0.4) is 0 Å². The Labute approximate surface area is 186 Å². The third-order valence-corrected chi connectivity index (χ3v) is 6.40. The summed E-state index contributed by atoms with van der Waals surface area (Å²) < 4.78 is 11.3. The molecule has 6 nitrogen and oxygen atoms in total. The number of hydrogen-bond donors (Lipinski definition) is 0. The number of hydrogen-bond acceptors (Lipinski definition) is 5. The van der Waals surface area contributed by atoms with Gasteiger partial charge < -0.3 is 19.0 Å². The largest absolute Gasteiger partial charge is 0.491 e. The first kappa shape index (κ1) is 21.2. The van der Waals surface area contributed by atoms with Crippen molar-refractivity contribution < 1.29 is 18.7 Å². The van der Waals surface area contributed by atoms with Gasteiger partial charge in [0.05, 0.1) is 12.3 Å². The highest BCUT2D eigenvalue weighted by atomic mass is 32.1. The smallest absolute Gasteiger partial charge is 0.290 e. The van der Waals surface area contributed by atoms with E-state index in [0.29, 0.717) is 19.7 Å². The molecule has 7 heteroatoms. The fraction of sp³-hybridized carbons (Fsp3) is 0.333. The van der Waals surface area contributed by atoms with Gasteiger partial charge in [0.15, 0.2) is 5.76 Å². The topological polar surface area (TPSA) is 63.0 Å². The number of para-hydroxylation sites is 1. The molecule has 31 heavy (non-hydrogen) atoms. The van der Waals surface area contributed by atoms with Gasteiger partial charge in [0.2, 0.25) is 5.91 Å². The summed E-state index contributed by atoms with van der Waals surface area (Å²) in [6.07, 6.45) is 3.05. The molecule has 0 aliphatic carbocycles. The van der Waals surface area contributed by atoms with Crippen molar-refractivity contribution in [2.24, 2.45) is 0 Å². The molecule has 162 valence electrons. The molecule has 1 unspecified atom stereocenters. The first-order valence-corrected chi connectivity index (χ1v) is 11.4. The van der Waals surface area contributed by atoms with Gasteiger partial charge in [-0.3, -0.25) is 9.59 Å². The number of carbonyl (C=O) groups is 2. The monoisotopic (exact) mass is 438 g/mol. The van der Waals surface area contributed by atoms with E-state index in [0.717, 1.165) is 24.2 Å². The Balaban J connectivity index is 1.51. The Bertz CT molecular complexity index is 1000. The Morgan fingerprint density at radius 3 is 2.77 bits per heavy atom. The van der Waals surface area contributed by atoms with Gasteiger partial charge in [-0.25, -0.2) is 0 Å². The molecule has 1 atom stereocenters. The average Bonchev–Trinajstić information content (AvgIpc) is 3.49. The standard InChI is InChI=1S/C24H26N2O4S/c1-2-12-25(24(28)21-9-6-14-29-21)16-23(27)26-13-10-22-19(11-15-31-22)20(26)17-30-18-7-4-3-5-8-18/h3-9,11,14-15,20H,2,10,12-13,16-17H2,1H3. The van der Waals surface area contributed by atoms with Crippen LogP contribution in [0.2, 0.25) is 0 Å². The van der Waals surface area contributed by atoms with Gasteiger partial charge >= 0.3 is 0 Å². The molecule has 0 fully saturated rings. The van der Waals surface area contributed by atoms with E-state index in [1.165, 1.54) is 11.1 Å². The highest BCUT2D eigenvalue weighted by molar-refractivity contribution is 7.10. The molecule has 0 saturated heterocycles. The summed E-state index contributed by atoms with van der Waals surface area (Å²) in [4.78, 5) is 30.9. The minimum absolute atomic E-state index is 0.0225. The Morgan fingerprint density at radius 2 is 2.03 bits per heavy atom. The SMILES string of the molecule is CCCN(CC(=O)N1CCc2sccc2C1COc1ccccc1)C(=O)c1ccco1. The second-order valence-corrected chi connectivity index (χ2v) is 8.48. The predicted molar refractivity (Wildman–Crippen MR) is 119 cm³/mol. The maximum atomic E-state index is 13.4. The molecule has 3 heterocycles. The summed E-state index contributed by atoms with van der Waals surface area (Å²) >= 11 is 1.72. The van der Waals surface area contributed by atoms with Crippen LogP contribution in [0, 0.1) is 0 Å². The molecule has 1 aromatic carbocycles. The van der Waals surface area contributed by atoms with Crippen LogP contribution in [0.15, 0.2) is 64.6 Å². The van der Waals surface area contributed by atoms with Gasteiger partial charge in [-0.05, 0) is 54.1 Å². The molecule has 0 bridgehead atoms. The second-order valence-electron chi connectivity index (χ2n) is 7.48. The molecule has 2 amide bonds. The highest BCUT2D eigenvalue weighted by Gasteiger charge is 2.33. The van der Waals surface area contributed by atoms with Gasteiger partial charge in [0.25, 0.3) is 5.91 Å². The lowest BCUT2D eigenvalue weighted by Crippen LogP contribution is -2.48. The van der Waals surface area contributed by atoms with E-state index in [4.69, 9.17) is 9.15 Å². The predicted octanol–water partition coefficient (Wildman–Crippen LogP) is 4.40. The van der Waals surface area contributed by atoms with Crippen molar-refractivity contribution in [3.8, 4) is 5.75 Å². The van der Waals surface area contributed by atoms with Gasteiger partial charge in [-0.2, -0.15) is 0 Å². The van der Waals surface area contributed by atoms with Crippen LogP contribution in [0.4, 0.5) is 0 Å². The number of furan rings is 1. The molecule has 4 rings (SSSR count). The molecule has 2 aromatic heterocycles. The number of benzene rings is 1.